The Morgan fingerprint density at radius 3 is 2.71 bits per heavy atom. The fraction of sp³-hybridized carbons (Fsp3) is 0.400. The Morgan fingerprint density at radius 1 is 1.43 bits per heavy atom. The number of pyridine rings is 1. The van der Waals surface area contributed by atoms with Crippen molar-refractivity contribution in [3.8, 4) is 0 Å². The van der Waals surface area contributed by atoms with Gasteiger partial charge in [0.15, 0.2) is 0 Å². The minimum atomic E-state index is -0.965. The van der Waals surface area contributed by atoms with Crippen molar-refractivity contribution in [2.24, 2.45) is 0 Å². The average Bonchev–Trinajstić information content (AvgIpc) is 2.51. The number of hydrogen-bond donors (Lipinski definition) is 2. The fourth-order valence-electron chi connectivity index (χ4n) is 2.12. The van der Waals surface area contributed by atoms with Crippen LogP contribution in [0.4, 0.5) is 5.82 Å². The minimum Gasteiger partial charge on any atom is -0.478 e. The van der Waals surface area contributed by atoms with Crippen molar-refractivity contribution in [1.29, 1.82) is 0 Å². The van der Waals surface area contributed by atoms with E-state index in [0.717, 1.165) is 36.1 Å². The Kier molecular flexibility index (Phi) is 1.91. The van der Waals surface area contributed by atoms with Crippen molar-refractivity contribution in [3.05, 3.63) is 22.4 Å². The van der Waals surface area contributed by atoms with Crippen LogP contribution in [0.1, 0.15) is 33.6 Å². The van der Waals surface area contributed by atoms with Gasteiger partial charge in [-0.15, -0.1) is 0 Å². The van der Waals surface area contributed by atoms with Crippen molar-refractivity contribution in [2.45, 2.75) is 26.2 Å². The lowest BCUT2D eigenvalue weighted by molar-refractivity contribution is 0.0696. The number of carboxylic acids is 1. The summed E-state index contributed by atoms with van der Waals surface area (Å²) in [6.45, 7) is 1.88. The molecule has 0 aromatic carbocycles. The van der Waals surface area contributed by atoms with Crippen molar-refractivity contribution in [2.75, 3.05) is 5.73 Å². The number of rotatable bonds is 1. The highest BCUT2D eigenvalue weighted by Crippen LogP contribution is 2.29. The van der Waals surface area contributed by atoms with Gasteiger partial charge in [-0.05, 0) is 37.3 Å². The molecule has 0 aliphatic heterocycles. The molecule has 0 bridgehead atoms. The van der Waals surface area contributed by atoms with Gasteiger partial charge in [-0.3, -0.25) is 0 Å². The smallest absolute Gasteiger partial charge is 0.339 e. The molecule has 0 saturated heterocycles. The maximum absolute atomic E-state index is 11.0. The molecule has 1 aliphatic rings. The molecule has 4 heteroatoms. The van der Waals surface area contributed by atoms with Crippen molar-refractivity contribution in [3.63, 3.8) is 0 Å². The van der Waals surface area contributed by atoms with E-state index in [1.54, 1.807) is 0 Å². The Balaban J connectivity index is 2.72. The standard InChI is InChI=1S/C10H12N2O2/c1-5-6-3-2-4-7(6)8(10(13)14)9(11)12-5/h2-4H2,1H3,(H2,11,12)(H,13,14). The van der Waals surface area contributed by atoms with Crippen molar-refractivity contribution < 1.29 is 9.90 Å². The molecular formula is C10H12N2O2. The van der Waals surface area contributed by atoms with Gasteiger partial charge < -0.3 is 10.8 Å². The van der Waals surface area contributed by atoms with Crippen molar-refractivity contribution in [1.82, 2.24) is 4.98 Å². The molecule has 14 heavy (non-hydrogen) atoms. The molecule has 74 valence electrons. The molecule has 0 atom stereocenters. The second-order valence-electron chi connectivity index (χ2n) is 3.57. The molecule has 0 amide bonds. The van der Waals surface area contributed by atoms with Crippen LogP contribution in [-0.2, 0) is 12.8 Å². The van der Waals surface area contributed by atoms with E-state index >= 15 is 0 Å². The molecule has 1 heterocycles. The summed E-state index contributed by atoms with van der Waals surface area (Å²) in [5, 5.41) is 9.00. The molecular weight excluding hydrogens is 180 g/mol. The predicted molar refractivity (Wildman–Crippen MR) is 52.4 cm³/mol. The van der Waals surface area contributed by atoms with Gasteiger partial charge in [0.25, 0.3) is 0 Å². The number of aryl methyl sites for hydroxylation is 1. The lowest BCUT2D eigenvalue weighted by Crippen LogP contribution is -2.10. The topological polar surface area (TPSA) is 76.2 Å². The molecule has 1 aromatic rings. The van der Waals surface area contributed by atoms with E-state index in [2.05, 4.69) is 4.98 Å². The van der Waals surface area contributed by atoms with Crippen LogP contribution in [0.3, 0.4) is 0 Å². The second kappa shape index (κ2) is 2.97. The largest absolute Gasteiger partial charge is 0.478 e. The SMILES string of the molecule is Cc1nc(N)c(C(=O)O)c2c1CCC2. The van der Waals surface area contributed by atoms with Gasteiger partial charge in [-0.25, -0.2) is 9.78 Å². The molecule has 0 saturated carbocycles. The van der Waals surface area contributed by atoms with Crippen LogP contribution in [0.2, 0.25) is 0 Å². The molecule has 1 aliphatic carbocycles. The highest BCUT2D eigenvalue weighted by molar-refractivity contribution is 5.95. The highest BCUT2D eigenvalue weighted by Gasteiger charge is 2.24. The molecule has 0 unspecified atom stereocenters. The van der Waals surface area contributed by atoms with Crippen LogP contribution in [-0.4, -0.2) is 16.1 Å². The van der Waals surface area contributed by atoms with Crippen LogP contribution >= 0.6 is 0 Å². The number of fused-ring (bicyclic) bond motifs is 1. The summed E-state index contributed by atoms with van der Waals surface area (Å²) in [6, 6.07) is 0. The molecule has 1 aromatic heterocycles. The van der Waals surface area contributed by atoms with Crippen LogP contribution < -0.4 is 5.73 Å². The van der Waals surface area contributed by atoms with E-state index in [1.807, 2.05) is 6.92 Å². The first-order valence-electron chi connectivity index (χ1n) is 4.62. The molecule has 2 rings (SSSR count). The molecule has 4 nitrogen and oxygen atoms in total. The lowest BCUT2D eigenvalue weighted by Gasteiger charge is -2.09. The number of nitrogens with zero attached hydrogens (tertiary/aromatic N) is 1. The Labute approximate surface area is 81.8 Å². The monoisotopic (exact) mass is 192 g/mol. The van der Waals surface area contributed by atoms with Crippen LogP contribution in [0.25, 0.3) is 0 Å². The fourth-order valence-corrected chi connectivity index (χ4v) is 2.12. The summed E-state index contributed by atoms with van der Waals surface area (Å²) in [5.41, 5.74) is 8.66. The van der Waals surface area contributed by atoms with Gasteiger partial charge >= 0.3 is 5.97 Å². The highest BCUT2D eigenvalue weighted by atomic mass is 16.4. The average molecular weight is 192 g/mol. The zero-order valence-corrected chi connectivity index (χ0v) is 8.00. The van der Waals surface area contributed by atoms with Gasteiger partial charge in [0.05, 0.1) is 0 Å². The first-order chi connectivity index (χ1) is 6.61. The number of carboxylic acid groups (broad SMARTS) is 1. The van der Waals surface area contributed by atoms with Crippen molar-refractivity contribution >= 4 is 11.8 Å². The van der Waals surface area contributed by atoms with Gasteiger partial charge in [0.1, 0.15) is 11.4 Å². The van der Waals surface area contributed by atoms with E-state index in [1.165, 1.54) is 0 Å². The van der Waals surface area contributed by atoms with E-state index < -0.39 is 5.97 Å². The summed E-state index contributed by atoms with van der Waals surface area (Å²) < 4.78 is 0. The van der Waals surface area contributed by atoms with E-state index in [0.29, 0.717) is 0 Å². The maximum atomic E-state index is 11.0. The first kappa shape index (κ1) is 8.99. The quantitative estimate of drug-likeness (QED) is 0.700. The predicted octanol–water partition coefficient (Wildman–Crippen LogP) is 1.16. The van der Waals surface area contributed by atoms with Gasteiger partial charge in [0, 0.05) is 5.69 Å². The zero-order valence-electron chi connectivity index (χ0n) is 8.00. The number of aromatic nitrogens is 1. The van der Waals surface area contributed by atoms with Crippen LogP contribution in [0.15, 0.2) is 0 Å². The summed E-state index contributed by atoms with van der Waals surface area (Å²) in [4.78, 5) is 15.0. The summed E-state index contributed by atoms with van der Waals surface area (Å²) in [6.07, 6.45) is 2.74. The number of anilines is 1. The summed E-state index contributed by atoms with van der Waals surface area (Å²) in [5.74, 6) is -0.816. The molecule has 3 N–H and O–H groups in total. The third kappa shape index (κ3) is 1.14. The Hall–Kier alpha value is -1.58. The second-order valence-corrected chi connectivity index (χ2v) is 3.57. The summed E-state index contributed by atoms with van der Waals surface area (Å²) >= 11 is 0. The summed E-state index contributed by atoms with van der Waals surface area (Å²) in [7, 11) is 0. The van der Waals surface area contributed by atoms with E-state index in [4.69, 9.17) is 10.8 Å². The normalized spacial score (nSPS) is 14.1. The molecule has 0 spiro atoms. The van der Waals surface area contributed by atoms with Gasteiger partial charge in [-0.2, -0.15) is 0 Å². The third-order valence-corrected chi connectivity index (χ3v) is 2.71. The Bertz CT molecular complexity index is 413. The third-order valence-electron chi connectivity index (χ3n) is 2.71. The number of hydrogen-bond acceptors (Lipinski definition) is 3. The number of nitrogens with two attached hydrogens (primary N) is 1. The van der Waals surface area contributed by atoms with Gasteiger partial charge in [0.2, 0.25) is 0 Å². The molecule has 0 radical (unpaired) electrons. The number of nitrogen functional groups attached to an aromatic ring is 1. The first-order valence-corrected chi connectivity index (χ1v) is 4.62. The number of aromatic carboxylic acids is 1. The minimum absolute atomic E-state index is 0.149. The van der Waals surface area contributed by atoms with E-state index in [-0.39, 0.29) is 11.4 Å². The van der Waals surface area contributed by atoms with Crippen LogP contribution in [0.5, 0.6) is 0 Å². The Morgan fingerprint density at radius 2 is 2.07 bits per heavy atom. The lowest BCUT2D eigenvalue weighted by atomic mass is 10.0. The zero-order chi connectivity index (χ0) is 10.3. The number of carbonyl (C=O) groups is 1. The van der Waals surface area contributed by atoms with Crippen LogP contribution in [0, 0.1) is 6.92 Å². The van der Waals surface area contributed by atoms with E-state index in [9.17, 15) is 4.79 Å². The van der Waals surface area contributed by atoms with Gasteiger partial charge in [-0.1, -0.05) is 0 Å². The molecule has 0 fully saturated rings. The maximum Gasteiger partial charge on any atom is 0.339 e.